The maximum absolute atomic E-state index is 12.4. The highest BCUT2D eigenvalue weighted by molar-refractivity contribution is 5.94. The second-order valence-electron chi connectivity index (χ2n) is 6.61. The third-order valence-electron chi connectivity index (χ3n) is 4.90. The van der Waals surface area contributed by atoms with Crippen LogP contribution in [0.25, 0.3) is 0 Å². The zero-order valence-electron chi connectivity index (χ0n) is 13.7. The lowest BCUT2D eigenvalue weighted by atomic mass is 9.99. The van der Waals surface area contributed by atoms with Gasteiger partial charge < -0.3 is 15.1 Å². The Balaban J connectivity index is 1.47. The Hall–Kier alpha value is -1.88. The van der Waals surface area contributed by atoms with Gasteiger partial charge >= 0.3 is 0 Å². The summed E-state index contributed by atoms with van der Waals surface area (Å²) in [6.07, 6.45) is 3.52. The number of likely N-dealkylation sites (N-methyl/N-ethyl adjacent to an activating group) is 1. The van der Waals surface area contributed by atoms with Crippen molar-refractivity contribution in [1.29, 1.82) is 0 Å². The van der Waals surface area contributed by atoms with Crippen molar-refractivity contribution >= 4 is 11.8 Å². The van der Waals surface area contributed by atoms with E-state index in [1.54, 1.807) is 0 Å². The molecule has 0 radical (unpaired) electrons. The Labute approximate surface area is 137 Å². The largest absolute Gasteiger partial charge is 0.344 e. The molecule has 1 N–H and O–H groups in total. The van der Waals surface area contributed by atoms with Crippen LogP contribution in [0.3, 0.4) is 0 Å². The number of amides is 2. The minimum Gasteiger partial charge on any atom is -0.344 e. The molecule has 1 atom stereocenters. The molecule has 2 amide bonds. The van der Waals surface area contributed by atoms with Crippen LogP contribution < -0.4 is 5.32 Å². The van der Waals surface area contributed by atoms with E-state index in [1.165, 1.54) is 0 Å². The molecule has 2 fully saturated rings. The highest BCUT2D eigenvalue weighted by Crippen LogP contribution is 2.17. The summed E-state index contributed by atoms with van der Waals surface area (Å²) in [5, 5.41) is 3.68. The predicted octanol–water partition coefficient (Wildman–Crippen LogP) is 1.50. The summed E-state index contributed by atoms with van der Waals surface area (Å²) < 4.78 is 0. The van der Waals surface area contributed by atoms with E-state index < -0.39 is 0 Å². The number of carbonyl (C=O) groups is 2. The Bertz CT molecular complexity index is 553. The van der Waals surface area contributed by atoms with E-state index in [9.17, 15) is 9.59 Å². The van der Waals surface area contributed by atoms with Crippen molar-refractivity contribution < 1.29 is 9.59 Å². The Morgan fingerprint density at radius 2 is 1.78 bits per heavy atom. The average molecular weight is 315 g/mol. The lowest BCUT2D eigenvalue weighted by Gasteiger charge is -2.37. The van der Waals surface area contributed by atoms with Gasteiger partial charge in [-0.25, -0.2) is 0 Å². The number of piperidine rings is 2. The summed E-state index contributed by atoms with van der Waals surface area (Å²) in [5.41, 5.74) is 0.770. The molecule has 1 unspecified atom stereocenters. The Kier molecular flexibility index (Phi) is 4.96. The molecular formula is C18H25N3O2. The molecule has 124 valence electrons. The topological polar surface area (TPSA) is 52.6 Å². The number of hydrogen-bond acceptors (Lipinski definition) is 3. The highest BCUT2D eigenvalue weighted by Gasteiger charge is 2.28. The van der Waals surface area contributed by atoms with Crippen molar-refractivity contribution in [3.63, 3.8) is 0 Å². The first kappa shape index (κ1) is 16.0. The summed E-state index contributed by atoms with van der Waals surface area (Å²) >= 11 is 0. The minimum atomic E-state index is 0.132. The van der Waals surface area contributed by atoms with E-state index in [0.29, 0.717) is 18.5 Å². The van der Waals surface area contributed by atoms with E-state index in [0.717, 1.165) is 44.5 Å². The van der Waals surface area contributed by atoms with Crippen molar-refractivity contribution in [3.05, 3.63) is 35.9 Å². The summed E-state index contributed by atoms with van der Waals surface area (Å²) in [7, 11) is 1.87. The van der Waals surface area contributed by atoms with Gasteiger partial charge in [0.05, 0.1) is 0 Å². The normalized spacial score (nSPS) is 23.2. The molecule has 5 heteroatoms. The van der Waals surface area contributed by atoms with Crippen LogP contribution in [0, 0.1) is 0 Å². The SMILES string of the molecule is CN1CC(NC2CCN(C(=O)c3ccccc3)CC2)CCC1=O. The van der Waals surface area contributed by atoms with Crippen LogP contribution in [0.1, 0.15) is 36.0 Å². The van der Waals surface area contributed by atoms with Crippen LogP contribution in [0.2, 0.25) is 0 Å². The molecule has 2 heterocycles. The van der Waals surface area contributed by atoms with E-state index in [4.69, 9.17) is 0 Å². The van der Waals surface area contributed by atoms with E-state index in [2.05, 4.69) is 5.32 Å². The molecule has 2 aliphatic heterocycles. The summed E-state index contributed by atoms with van der Waals surface area (Å²) in [5.74, 6) is 0.373. The summed E-state index contributed by atoms with van der Waals surface area (Å²) in [4.78, 5) is 27.7. The molecule has 0 bridgehead atoms. The molecule has 3 rings (SSSR count). The van der Waals surface area contributed by atoms with Crippen LogP contribution in [0.15, 0.2) is 30.3 Å². The first-order valence-corrected chi connectivity index (χ1v) is 8.48. The lowest BCUT2D eigenvalue weighted by Crippen LogP contribution is -2.53. The molecule has 2 aliphatic rings. The molecule has 0 aliphatic carbocycles. The third kappa shape index (κ3) is 3.91. The molecule has 5 nitrogen and oxygen atoms in total. The number of likely N-dealkylation sites (tertiary alicyclic amines) is 2. The first-order valence-electron chi connectivity index (χ1n) is 8.48. The van der Waals surface area contributed by atoms with Gasteiger partial charge in [-0.1, -0.05) is 18.2 Å². The highest BCUT2D eigenvalue weighted by atomic mass is 16.2. The number of hydrogen-bond donors (Lipinski definition) is 1. The van der Waals surface area contributed by atoms with Gasteiger partial charge in [0.15, 0.2) is 0 Å². The van der Waals surface area contributed by atoms with Gasteiger partial charge in [0.2, 0.25) is 5.91 Å². The Morgan fingerprint density at radius 1 is 1.09 bits per heavy atom. The van der Waals surface area contributed by atoms with Gasteiger partial charge in [0.25, 0.3) is 5.91 Å². The fourth-order valence-electron chi connectivity index (χ4n) is 3.49. The van der Waals surface area contributed by atoms with Crippen molar-refractivity contribution in [2.45, 2.75) is 37.8 Å². The van der Waals surface area contributed by atoms with Gasteiger partial charge in [-0.3, -0.25) is 9.59 Å². The van der Waals surface area contributed by atoms with E-state index in [-0.39, 0.29) is 11.8 Å². The number of nitrogens with one attached hydrogen (secondary N) is 1. The van der Waals surface area contributed by atoms with E-state index in [1.807, 2.05) is 47.2 Å². The van der Waals surface area contributed by atoms with Gasteiger partial charge in [-0.2, -0.15) is 0 Å². The molecule has 0 saturated carbocycles. The maximum atomic E-state index is 12.4. The molecule has 1 aromatic rings. The van der Waals surface area contributed by atoms with Crippen molar-refractivity contribution in [2.75, 3.05) is 26.7 Å². The van der Waals surface area contributed by atoms with Crippen LogP contribution in [-0.2, 0) is 4.79 Å². The maximum Gasteiger partial charge on any atom is 0.253 e. The summed E-state index contributed by atoms with van der Waals surface area (Å²) in [6, 6.07) is 10.3. The smallest absolute Gasteiger partial charge is 0.253 e. The Morgan fingerprint density at radius 3 is 2.43 bits per heavy atom. The van der Waals surface area contributed by atoms with Crippen LogP contribution in [-0.4, -0.2) is 60.4 Å². The van der Waals surface area contributed by atoms with Gasteiger partial charge in [0.1, 0.15) is 0 Å². The fourth-order valence-corrected chi connectivity index (χ4v) is 3.49. The molecule has 0 aromatic heterocycles. The molecule has 1 aromatic carbocycles. The number of nitrogens with zero attached hydrogens (tertiary/aromatic N) is 2. The lowest BCUT2D eigenvalue weighted by molar-refractivity contribution is -0.132. The van der Waals surface area contributed by atoms with Gasteiger partial charge in [-0.05, 0) is 31.4 Å². The zero-order chi connectivity index (χ0) is 16.2. The van der Waals surface area contributed by atoms with Crippen LogP contribution in [0.5, 0.6) is 0 Å². The van der Waals surface area contributed by atoms with Crippen molar-refractivity contribution in [3.8, 4) is 0 Å². The molecule has 0 spiro atoms. The second kappa shape index (κ2) is 7.13. The fraction of sp³-hybridized carbons (Fsp3) is 0.556. The van der Waals surface area contributed by atoms with Crippen LogP contribution >= 0.6 is 0 Å². The summed E-state index contributed by atoms with van der Waals surface area (Å²) in [6.45, 7) is 2.39. The standard InChI is InChI=1S/C18H25N3O2/c1-20-13-16(7-8-17(20)22)19-15-9-11-21(12-10-15)18(23)14-5-3-2-4-6-14/h2-6,15-16,19H,7-13H2,1H3. The monoisotopic (exact) mass is 315 g/mol. The number of benzene rings is 1. The van der Waals surface area contributed by atoms with Gasteiger partial charge in [-0.15, -0.1) is 0 Å². The first-order chi connectivity index (χ1) is 11.1. The molecular weight excluding hydrogens is 290 g/mol. The van der Waals surface area contributed by atoms with E-state index >= 15 is 0 Å². The predicted molar refractivity (Wildman–Crippen MR) is 89.2 cm³/mol. The van der Waals surface area contributed by atoms with Crippen molar-refractivity contribution in [1.82, 2.24) is 15.1 Å². The quantitative estimate of drug-likeness (QED) is 0.920. The average Bonchev–Trinajstić information content (AvgIpc) is 2.59. The van der Waals surface area contributed by atoms with Gasteiger partial charge in [0, 0.05) is 50.7 Å². The third-order valence-corrected chi connectivity index (χ3v) is 4.90. The molecule has 2 saturated heterocycles. The minimum absolute atomic E-state index is 0.132. The number of carbonyl (C=O) groups excluding carboxylic acids is 2. The second-order valence-corrected chi connectivity index (χ2v) is 6.61. The number of rotatable bonds is 3. The van der Waals surface area contributed by atoms with Crippen LogP contribution in [0.4, 0.5) is 0 Å². The van der Waals surface area contributed by atoms with Crippen molar-refractivity contribution in [2.24, 2.45) is 0 Å². The zero-order valence-corrected chi connectivity index (χ0v) is 13.7. The molecule has 23 heavy (non-hydrogen) atoms.